The first-order chi connectivity index (χ1) is 6.86. The summed E-state index contributed by atoms with van der Waals surface area (Å²) in [6, 6.07) is 4.65. The second-order valence-electron chi connectivity index (χ2n) is 2.66. The number of amides is 1. The number of primary amides is 1. The van der Waals surface area contributed by atoms with Crippen molar-refractivity contribution in [2.45, 2.75) is 4.90 Å². The highest BCUT2D eigenvalue weighted by atomic mass is 32.2. The minimum atomic E-state index is -4.40. The zero-order chi connectivity index (χ0) is 11.6. The SMILES string of the molecule is N#Cc1ccc(S(=O)(=O)O)cc1C(N)=O. The first-order valence-electron chi connectivity index (χ1n) is 3.67. The Morgan fingerprint density at radius 3 is 2.47 bits per heavy atom. The van der Waals surface area contributed by atoms with Crippen LogP contribution in [0.5, 0.6) is 0 Å². The summed E-state index contributed by atoms with van der Waals surface area (Å²) in [6.07, 6.45) is 0. The molecule has 0 fully saturated rings. The van der Waals surface area contributed by atoms with E-state index in [4.69, 9.17) is 15.5 Å². The molecule has 0 aromatic heterocycles. The molecule has 3 N–H and O–H groups in total. The predicted molar refractivity (Wildman–Crippen MR) is 49.5 cm³/mol. The van der Waals surface area contributed by atoms with Gasteiger partial charge in [0.2, 0.25) is 5.91 Å². The van der Waals surface area contributed by atoms with Gasteiger partial charge in [-0.15, -0.1) is 0 Å². The molecular weight excluding hydrogens is 220 g/mol. The van der Waals surface area contributed by atoms with Gasteiger partial charge < -0.3 is 5.73 Å². The van der Waals surface area contributed by atoms with Crippen molar-refractivity contribution in [3.8, 4) is 6.07 Å². The first kappa shape index (κ1) is 11.2. The maximum atomic E-state index is 10.9. The molecule has 78 valence electrons. The van der Waals surface area contributed by atoms with Gasteiger partial charge in [0, 0.05) is 0 Å². The number of benzene rings is 1. The lowest BCUT2D eigenvalue weighted by atomic mass is 10.1. The summed E-state index contributed by atoms with van der Waals surface area (Å²) in [5.74, 6) is -0.933. The van der Waals surface area contributed by atoms with Crippen molar-refractivity contribution >= 4 is 16.0 Å². The molecule has 0 heterocycles. The molecule has 0 radical (unpaired) electrons. The molecule has 0 aliphatic heterocycles. The van der Waals surface area contributed by atoms with E-state index in [1.165, 1.54) is 0 Å². The minimum absolute atomic E-state index is 0.0464. The Morgan fingerprint density at radius 1 is 1.47 bits per heavy atom. The van der Waals surface area contributed by atoms with Crippen molar-refractivity contribution in [3.05, 3.63) is 29.3 Å². The van der Waals surface area contributed by atoms with Crippen LogP contribution in [-0.4, -0.2) is 18.9 Å². The van der Waals surface area contributed by atoms with Crippen LogP contribution in [0.4, 0.5) is 0 Å². The fourth-order valence-corrected chi connectivity index (χ4v) is 1.49. The van der Waals surface area contributed by atoms with Crippen LogP contribution >= 0.6 is 0 Å². The van der Waals surface area contributed by atoms with Gasteiger partial charge in [-0.25, -0.2) is 0 Å². The number of rotatable bonds is 2. The van der Waals surface area contributed by atoms with Gasteiger partial charge in [0.15, 0.2) is 0 Å². The van der Waals surface area contributed by atoms with E-state index in [-0.39, 0.29) is 11.1 Å². The lowest BCUT2D eigenvalue weighted by Gasteiger charge is -2.01. The van der Waals surface area contributed by atoms with E-state index in [2.05, 4.69) is 0 Å². The molecule has 0 saturated carbocycles. The number of nitrogens with two attached hydrogens (primary N) is 1. The summed E-state index contributed by atoms with van der Waals surface area (Å²) >= 11 is 0. The standard InChI is InChI=1S/C8H6N2O4S/c9-4-5-1-2-6(15(12,13)14)3-7(5)8(10)11/h1-3H,(H2,10,11)(H,12,13,14). The Hall–Kier alpha value is -1.91. The number of nitrogens with zero attached hydrogens (tertiary/aromatic N) is 1. The third-order valence-electron chi connectivity index (χ3n) is 1.67. The summed E-state index contributed by atoms with van der Waals surface area (Å²) in [6.45, 7) is 0. The van der Waals surface area contributed by atoms with E-state index in [0.717, 1.165) is 18.2 Å². The molecule has 6 nitrogen and oxygen atoms in total. The van der Waals surface area contributed by atoms with Gasteiger partial charge in [-0.2, -0.15) is 13.7 Å². The fraction of sp³-hybridized carbons (Fsp3) is 0. The largest absolute Gasteiger partial charge is 0.366 e. The van der Waals surface area contributed by atoms with Crippen molar-refractivity contribution < 1.29 is 17.8 Å². The topological polar surface area (TPSA) is 121 Å². The molecule has 7 heteroatoms. The molecule has 1 amide bonds. The molecular formula is C8H6N2O4S. The van der Waals surface area contributed by atoms with Gasteiger partial charge in [0.05, 0.1) is 22.1 Å². The highest BCUT2D eigenvalue weighted by molar-refractivity contribution is 7.85. The van der Waals surface area contributed by atoms with E-state index >= 15 is 0 Å². The average Bonchev–Trinajstić information content (AvgIpc) is 2.15. The fourth-order valence-electron chi connectivity index (χ4n) is 0.985. The van der Waals surface area contributed by atoms with Crippen molar-refractivity contribution in [1.29, 1.82) is 5.26 Å². The molecule has 1 aromatic rings. The molecule has 0 spiro atoms. The van der Waals surface area contributed by atoms with Crippen LogP contribution in [0.15, 0.2) is 23.1 Å². The molecule has 1 rings (SSSR count). The van der Waals surface area contributed by atoms with Crippen molar-refractivity contribution in [2.24, 2.45) is 5.73 Å². The first-order valence-corrected chi connectivity index (χ1v) is 5.11. The second kappa shape index (κ2) is 3.68. The zero-order valence-electron chi connectivity index (χ0n) is 7.34. The van der Waals surface area contributed by atoms with Crippen LogP contribution in [0.2, 0.25) is 0 Å². The van der Waals surface area contributed by atoms with E-state index < -0.39 is 20.9 Å². The van der Waals surface area contributed by atoms with Crippen molar-refractivity contribution in [1.82, 2.24) is 0 Å². The molecule has 15 heavy (non-hydrogen) atoms. The van der Waals surface area contributed by atoms with Gasteiger partial charge in [0.1, 0.15) is 0 Å². The summed E-state index contributed by atoms with van der Waals surface area (Å²) in [7, 11) is -4.40. The van der Waals surface area contributed by atoms with Crippen molar-refractivity contribution in [2.75, 3.05) is 0 Å². The number of hydrogen-bond donors (Lipinski definition) is 2. The van der Waals surface area contributed by atoms with Crippen LogP contribution < -0.4 is 5.73 Å². The number of nitriles is 1. The molecule has 1 aromatic carbocycles. The van der Waals surface area contributed by atoms with Gasteiger partial charge in [-0.1, -0.05) is 0 Å². The second-order valence-corrected chi connectivity index (χ2v) is 4.08. The summed E-state index contributed by atoms with van der Waals surface area (Å²) in [5, 5.41) is 8.59. The maximum Gasteiger partial charge on any atom is 0.294 e. The monoisotopic (exact) mass is 226 g/mol. The third kappa shape index (κ3) is 2.31. The highest BCUT2D eigenvalue weighted by Gasteiger charge is 2.15. The van der Waals surface area contributed by atoms with Crippen LogP contribution in [0.1, 0.15) is 15.9 Å². The van der Waals surface area contributed by atoms with Gasteiger partial charge in [-0.3, -0.25) is 9.35 Å². The number of hydrogen-bond acceptors (Lipinski definition) is 4. The molecule has 0 aliphatic carbocycles. The quantitative estimate of drug-likeness (QED) is 0.682. The van der Waals surface area contributed by atoms with Crippen LogP contribution in [-0.2, 0) is 10.1 Å². The maximum absolute atomic E-state index is 10.9. The summed E-state index contributed by atoms with van der Waals surface area (Å²) in [4.78, 5) is 10.4. The van der Waals surface area contributed by atoms with Crippen LogP contribution in [0.25, 0.3) is 0 Å². The Kier molecular flexibility index (Phi) is 2.74. The Balaban J connectivity index is 3.50. The lowest BCUT2D eigenvalue weighted by molar-refractivity contribution is 0.1000. The van der Waals surface area contributed by atoms with Crippen LogP contribution in [0, 0.1) is 11.3 Å². The normalized spacial score (nSPS) is 10.7. The zero-order valence-corrected chi connectivity index (χ0v) is 8.15. The summed E-state index contributed by atoms with van der Waals surface area (Å²) in [5.41, 5.74) is 4.65. The third-order valence-corrected chi connectivity index (χ3v) is 2.52. The molecule has 0 atom stereocenters. The highest BCUT2D eigenvalue weighted by Crippen LogP contribution is 2.14. The average molecular weight is 226 g/mol. The van der Waals surface area contributed by atoms with Crippen LogP contribution in [0.3, 0.4) is 0 Å². The lowest BCUT2D eigenvalue weighted by Crippen LogP contribution is -2.14. The van der Waals surface area contributed by atoms with Gasteiger partial charge in [-0.05, 0) is 18.2 Å². The Morgan fingerprint density at radius 2 is 2.07 bits per heavy atom. The Labute approximate surface area is 85.7 Å². The number of carbonyl (C=O) groups excluding carboxylic acids is 1. The van der Waals surface area contributed by atoms with Gasteiger partial charge >= 0.3 is 0 Å². The summed E-state index contributed by atoms with van der Waals surface area (Å²) < 4.78 is 30.2. The van der Waals surface area contributed by atoms with E-state index in [1.807, 2.05) is 0 Å². The molecule has 0 aliphatic rings. The smallest absolute Gasteiger partial charge is 0.294 e. The molecule has 0 bridgehead atoms. The van der Waals surface area contributed by atoms with Crippen molar-refractivity contribution in [3.63, 3.8) is 0 Å². The Bertz CT molecular complexity index is 556. The molecule has 0 unspecified atom stereocenters. The number of carbonyl (C=O) groups is 1. The van der Waals surface area contributed by atoms with E-state index in [1.54, 1.807) is 6.07 Å². The van der Waals surface area contributed by atoms with E-state index in [0.29, 0.717) is 0 Å². The van der Waals surface area contributed by atoms with Gasteiger partial charge in [0.25, 0.3) is 10.1 Å². The predicted octanol–water partition coefficient (Wildman–Crippen LogP) is -0.0961. The minimum Gasteiger partial charge on any atom is -0.366 e. The van der Waals surface area contributed by atoms with E-state index in [9.17, 15) is 13.2 Å². The molecule has 0 saturated heterocycles.